The highest BCUT2D eigenvalue weighted by atomic mass is 16.5. The number of nitrogens with zero attached hydrogens (tertiary/aromatic N) is 4. The molecule has 0 saturated carbocycles. The molecule has 1 aliphatic heterocycles. The molecular weight excluding hydrogens is 406 g/mol. The van der Waals surface area contributed by atoms with Crippen LogP contribution in [0.4, 0.5) is 5.95 Å². The van der Waals surface area contributed by atoms with Crippen LogP contribution in [0.2, 0.25) is 0 Å². The number of aromatic nitrogens is 3. The van der Waals surface area contributed by atoms with Crippen molar-refractivity contribution in [2.45, 2.75) is 39.8 Å². The summed E-state index contributed by atoms with van der Waals surface area (Å²) >= 11 is 0. The minimum Gasteiger partial charge on any atom is -0.474 e. The zero-order valence-corrected chi connectivity index (χ0v) is 19.2. The number of benzene rings is 1. The third-order valence-corrected chi connectivity index (χ3v) is 5.45. The average molecular weight is 438 g/mol. The van der Waals surface area contributed by atoms with Crippen molar-refractivity contribution in [3.63, 3.8) is 0 Å². The van der Waals surface area contributed by atoms with Crippen LogP contribution >= 0.6 is 0 Å². The molecule has 2 N–H and O–H groups in total. The fourth-order valence-electron chi connectivity index (χ4n) is 3.58. The first-order chi connectivity index (χ1) is 15.3. The second-order valence-electron chi connectivity index (χ2n) is 8.86. The maximum absolute atomic E-state index is 10.0. The average Bonchev–Trinajstić information content (AvgIpc) is 3.06. The Bertz CT molecular complexity index is 1110. The van der Waals surface area contributed by atoms with E-state index < -0.39 is 5.60 Å². The molecule has 1 fully saturated rings. The van der Waals surface area contributed by atoms with Crippen LogP contribution in [0.3, 0.4) is 0 Å². The van der Waals surface area contributed by atoms with Crippen molar-refractivity contribution in [1.82, 2.24) is 15.0 Å². The summed E-state index contributed by atoms with van der Waals surface area (Å²) in [6.07, 6.45) is 1.75. The molecule has 3 aromatic rings. The van der Waals surface area contributed by atoms with Crippen LogP contribution in [-0.2, 0) is 11.3 Å². The molecule has 0 bridgehead atoms. The monoisotopic (exact) mass is 437 g/mol. The van der Waals surface area contributed by atoms with Gasteiger partial charge in [-0.2, -0.15) is 4.98 Å². The molecule has 2 aromatic heterocycles. The van der Waals surface area contributed by atoms with E-state index in [1.165, 1.54) is 16.6 Å². The Hall–Kier alpha value is -2.97. The van der Waals surface area contributed by atoms with Crippen LogP contribution < -0.4 is 9.64 Å². The molecule has 0 aliphatic carbocycles. The number of fused-ring (bicyclic) bond motifs is 1. The fourth-order valence-corrected chi connectivity index (χ4v) is 3.58. The highest BCUT2D eigenvalue weighted by molar-refractivity contribution is 5.85. The lowest BCUT2D eigenvalue weighted by molar-refractivity contribution is 0.0268. The van der Waals surface area contributed by atoms with Crippen LogP contribution in [0.25, 0.3) is 10.9 Å². The van der Waals surface area contributed by atoms with E-state index in [0.29, 0.717) is 37.3 Å². The lowest BCUT2D eigenvalue weighted by atomic mass is 10.1. The normalized spacial score (nSPS) is 15.1. The second-order valence-corrected chi connectivity index (χ2v) is 8.86. The summed E-state index contributed by atoms with van der Waals surface area (Å²) in [4.78, 5) is 19.3. The van der Waals surface area contributed by atoms with Gasteiger partial charge in [0.1, 0.15) is 6.61 Å². The van der Waals surface area contributed by atoms with Crippen LogP contribution in [-0.4, -0.2) is 64.8 Å². The minimum absolute atomic E-state index is 0.137. The van der Waals surface area contributed by atoms with E-state index in [1.807, 2.05) is 0 Å². The van der Waals surface area contributed by atoms with Gasteiger partial charge in [-0.3, -0.25) is 4.99 Å². The number of H-pyrrole nitrogens is 1. The first-order valence-electron chi connectivity index (χ1n) is 10.9. The van der Waals surface area contributed by atoms with Gasteiger partial charge in [0.25, 0.3) is 0 Å². The van der Waals surface area contributed by atoms with Gasteiger partial charge in [0, 0.05) is 42.0 Å². The van der Waals surface area contributed by atoms with Gasteiger partial charge < -0.3 is 24.5 Å². The number of hydrogen-bond acceptors (Lipinski definition) is 7. The summed E-state index contributed by atoms with van der Waals surface area (Å²) in [7, 11) is 0. The maximum atomic E-state index is 10.0. The van der Waals surface area contributed by atoms with Gasteiger partial charge in [-0.1, -0.05) is 6.07 Å². The van der Waals surface area contributed by atoms with Gasteiger partial charge in [0.05, 0.1) is 31.1 Å². The van der Waals surface area contributed by atoms with Crippen molar-refractivity contribution in [3.8, 4) is 5.88 Å². The molecule has 8 heteroatoms. The Balaban J connectivity index is 1.54. The SMILES string of the molecule is Cc1[nH]c2ccc(CN=Cc3cc(OCC(C)(C)O)nc(N4CCOCC4)n3)cc2c1C. The van der Waals surface area contributed by atoms with E-state index in [9.17, 15) is 5.11 Å². The molecule has 1 aromatic carbocycles. The quantitative estimate of drug-likeness (QED) is 0.551. The highest BCUT2D eigenvalue weighted by Crippen LogP contribution is 2.23. The highest BCUT2D eigenvalue weighted by Gasteiger charge is 2.18. The van der Waals surface area contributed by atoms with Gasteiger partial charge in [-0.25, -0.2) is 4.98 Å². The first-order valence-corrected chi connectivity index (χ1v) is 10.9. The van der Waals surface area contributed by atoms with Gasteiger partial charge >= 0.3 is 0 Å². The zero-order valence-electron chi connectivity index (χ0n) is 19.2. The van der Waals surface area contributed by atoms with Crippen LogP contribution in [0.15, 0.2) is 29.3 Å². The molecule has 3 heterocycles. The standard InChI is InChI=1S/C24H31N5O3/c1-16-17(2)26-21-6-5-18(11-20(16)21)13-25-14-19-12-22(32-15-24(3,4)30)28-23(27-19)29-7-9-31-10-8-29/h5-6,11-12,14,26,30H,7-10,13,15H2,1-4H3. The largest absolute Gasteiger partial charge is 0.474 e. The molecule has 0 spiro atoms. The Labute approximate surface area is 188 Å². The number of aryl methyl sites for hydroxylation is 2. The number of hydrogen-bond donors (Lipinski definition) is 2. The Morgan fingerprint density at radius 1 is 1.22 bits per heavy atom. The molecule has 1 aliphatic rings. The molecule has 8 nitrogen and oxygen atoms in total. The third kappa shape index (κ3) is 5.44. The van der Waals surface area contributed by atoms with Crippen LogP contribution in [0.5, 0.6) is 5.88 Å². The lowest BCUT2D eigenvalue weighted by Crippen LogP contribution is -2.37. The number of morpholine rings is 1. The lowest BCUT2D eigenvalue weighted by Gasteiger charge is -2.27. The molecule has 170 valence electrons. The van der Waals surface area contributed by atoms with Gasteiger partial charge in [-0.15, -0.1) is 0 Å². The topological polar surface area (TPSA) is 95.9 Å². The number of aliphatic hydroxyl groups is 1. The van der Waals surface area contributed by atoms with E-state index in [-0.39, 0.29) is 6.61 Å². The summed E-state index contributed by atoms with van der Waals surface area (Å²) in [6.45, 7) is 11.0. The van der Waals surface area contributed by atoms with E-state index in [4.69, 9.17) is 9.47 Å². The van der Waals surface area contributed by atoms with Crippen molar-refractivity contribution >= 4 is 23.1 Å². The number of aliphatic imine (C=N–C) groups is 1. The van der Waals surface area contributed by atoms with Gasteiger partial charge in [0.15, 0.2) is 0 Å². The fraction of sp³-hybridized carbons (Fsp3) is 0.458. The summed E-state index contributed by atoms with van der Waals surface area (Å²) in [5, 5.41) is 11.2. The zero-order chi connectivity index (χ0) is 22.7. The molecule has 4 rings (SSSR count). The number of nitrogens with one attached hydrogen (secondary N) is 1. The predicted octanol–water partition coefficient (Wildman–Crippen LogP) is 3.18. The van der Waals surface area contributed by atoms with Crippen molar-refractivity contribution in [2.75, 3.05) is 37.8 Å². The van der Waals surface area contributed by atoms with Gasteiger partial charge in [-0.05, 0) is 51.0 Å². The van der Waals surface area contributed by atoms with E-state index >= 15 is 0 Å². The van der Waals surface area contributed by atoms with Crippen molar-refractivity contribution < 1.29 is 14.6 Å². The van der Waals surface area contributed by atoms with Crippen LogP contribution in [0.1, 0.15) is 36.4 Å². The Kier molecular flexibility index (Phi) is 6.43. The molecule has 0 radical (unpaired) electrons. The first kappa shape index (κ1) is 22.2. The number of ether oxygens (including phenoxy) is 2. The van der Waals surface area contributed by atoms with Crippen molar-refractivity contribution in [3.05, 3.63) is 46.8 Å². The number of anilines is 1. The smallest absolute Gasteiger partial charge is 0.229 e. The number of aromatic amines is 1. The summed E-state index contributed by atoms with van der Waals surface area (Å²) in [5.74, 6) is 1.01. The maximum Gasteiger partial charge on any atom is 0.229 e. The molecule has 32 heavy (non-hydrogen) atoms. The molecule has 0 atom stereocenters. The van der Waals surface area contributed by atoms with Gasteiger partial charge in [0.2, 0.25) is 11.8 Å². The summed E-state index contributed by atoms with van der Waals surface area (Å²) in [6, 6.07) is 8.13. The third-order valence-electron chi connectivity index (χ3n) is 5.45. The molecular formula is C24H31N5O3. The molecule has 1 saturated heterocycles. The minimum atomic E-state index is -0.953. The van der Waals surface area contributed by atoms with E-state index in [1.54, 1.807) is 26.1 Å². The second kappa shape index (κ2) is 9.26. The van der Waals surface area contributed by atoms with Crippen LogP contribution in [0, 0.1) is 13.8 Å². The summed E-state index contributed by atoms with van der Waals surface area (Å²) < 4.78 is 11.2. The molecule has 0 unspecified atom stereocenters. The van der Waals surface area contributed by atoms with E-state index in [2.05, 4.69) is 56.9 Å². The Morgan fingerprint density at radius 2 is 2.00 bits per heavy atom. The number of rotatable bonds is 7. The van der Waals surface area contributed by atoms with Crippen molar-refractivity contribution in [2.24, 2.45) is 4.99 Å². The summed E-state index contributed by atoms with van der Waals surface area (Å²) in [5.41, 5.74) is 4.46. The van der Waals surface area contributed by atoms with Crippen molar-refractivity contribution in [1.29, 1.82) is 0 Å². The van der Waals surface area contributed by atoms with E-state index in [0.717, 1.165) is 24.2 Å². The predicted molar refractivity (Wildman–Crippen MR) is 126 cm³/mol. The molecule has 0 amide bonds. The Morgan fingerprint density at radius 3 is 2.75 bits per heavy atom.